The molecule has 0 spiro atoms. The van der Waals surface area contributed by atoms with Crippen LogP contribution in [0.25, 0.3) is 0 Å². The maximum Gasteiger partial charge on any atom is 0.331 e. The Hall–Kier alpha value is -1.51. The van der Waals surface area contributed by atoms with Gasteiger partial charge in [0, 0.05) is 5.69 Å². The minimum atomic E-state index is -0.662. The van der Waals surface area contributed by atoms with Gasteiger partial charge in [0.05, 0.1) is 7.11 Å². The monoisotopic (exact) mass is 291 g/mol. The first kappa shape index (κ1) is 17.5. The molecule has 0 atom stereocenters. The molecular formula is C18H29NO2. The number of rotatable bonds is 7. The molecule has 1 rings (SSSR count). The lowest BCUT2D eigenvalue weighted by atomic mass is 9.81. The molecule has 0 aromatic heterocycles. The Kier molecular flexibility index (Phi) is 6.25. The fraction of sp³-hybridized carbons (Fsp3) is 0.611. The van der Waals surface area contributed by atoms with Gasteiger partial charge < -0.3 is 10.1 Å². The fourth-order valence-electron chi connectivity index (χ4n) is 2.99. The van der Waals surface area contributed by atoms with Gasteiger partial charge in [0.25, 0.3) is 0 Å². The smallest absolute Gasteiger partial charge is 0.331 e. The number of methoxy groups -OCH3 is 1. The molecule has 118 valence electrons. The minimum absolute atomic E-state index is 0.175. The molecule has 0 bridgehead atoms. The molecule has 0 saturated carbocycles. The number of carbonyl (C=O) groups is 1. The van der Waals surface area contributed by atoms with Crippen LogP contribution in [0.2, 0.25) is 0 Å². The number of hydrogen-bond acceptors (Lipinski definition) is 3. The van der Waals surface area contributed by atoms with E-state index in [9.17, 15) is 4.79 Å². The van der Waals surface area contributed by atoms with Crippen molar-refractivity contribution in [2.75, 3.05) is 12.4 Å². The van der Waals surface area contributed by atoms with Crippen LogP contribution in [0, 0.1) is 18.8 Å². The van der Waals surface area contributed by atoms with Gasteiger partial charge in [-0.25, -0.2) is 4.79 Å². The van der Waals surface area contributed by atoms with Crippen molar-refractivity contribution in [3.05, 3.63) is 29.8 Å². The highest BCUT2D eigenvalue weighted by atomic mass is 16.5. The average Bonchev–Trinajstić information content (AvgIpc) is 2.35. The van der Waals surface area contributed by atoms with Gasteiger partial charge in [-0.2, -0.15) is 0 Å². The van der Waals surface area contributed by atoms with Crippen molar-refractivity contribution >= 4 is 11.7 Å². The normalized spacial score (nSPS) is 11.8. The quantitative estimate of drug-likeness (QED) is 0.756. The van der Waals surface area contributed by atoms with Crippen LogP contribution < -0.4 is 5.32 Å². The van der Waals surface area contributed by atoms with Gasteiger partial charge >= 0.3 is 5.97 Å². The van der Waals surface area contributed by atoms with E-state index >= 15 is 0 Å². The molecule has 1 aromatic rings. The second-order valence-electron chi connectivity index (χ2n) is 6.76. The second kappa shape index (κ2) is 7.48. The molecular weight excluding hydrogens is 262 g/mol. The van der Waals surface area contributed by atoms with Gasteiger partial charge in [-0.1, -0.05) is 39.8 Å². The van der Waals surface area contributed by atoms with Crippen molar-refractivity contribution in [3.8, 4) is 0 Å². The number of ether oxygens (including phenoxy) is 1. The molecule has 0 amide bonds. The van der Waals surface area contributed by atoms with Gasteiger partial charge in [-0.15, -0.1) is 0 Å². The number of benzene rings is 1. The zero-order chi connectivity index (χ0) is 16.0. The summed E-state index contributed by atoms with van der Waals surface area (Å²) in [6.45, 7) is 10.6. The minimum Gasteiger partial charge on any atom is -0.467 e. The summed E-state index contributed by atoms with van der Waals surface area (Å²) >= 11 is 0. The van der Waals surface area contributed by atoms with E-state index in [2.05, 4.69) is 52.1 Å². The molecule has 0 radical (unpaired) electrons. The summed E-state index contributed by atoms with van der Waals surface area (Å²) in [5.74, 6) is 0.631. The summed E-state index contributed by atoms with van der Waals surface area (Å²) in [7, 11) is 1.47. The standard InChI is InChI=1S/C18H29NO2/c1-13(2)11-18(12-14(3)4,17(20)21-6)19-16-9-7-8-15(5)10-16/h7-10,13-14,19H,11-12H2,1-6H3. The summed E-state index contributed by atoms with van der Waals surface area (Å²) in [6.07, 6.45) is 1.51. The zero-order valence-electron chi connectivity index (χ0n) is 14.2. The maximum atomic E-state index is 12.5. The zero-order valence-corrected chi connectivity index (χ0v) is 14.2. The van der Waals surface area contributed by atoms with Crippen molar-refractivity contribution in [2.45, 2.75) is 53.0 Å². The predicted molar refractivity (Wildman–Crippen MR) is 88.5 cm³/mol. The van der Waals surface area contributed by atoms with Crippen molar-refractivity contribution in [1.82, 2.24) is 0 Å². The summed E-state index contributed by atoms with van der Waals surface area (Å²) in [4.78, 5) is 12.5. The third kappa shape index (κ3) is 5.07. The fourth-order valence-corrected chi connectivity index (χ4v) is 2.99. The van der Waals surface area contributed by atoms with E-state index in [-0.39, 0.29) is 5.97 Å². The maximum absolute atomic E-state index is 12.5. The molecule has 0 aliphatic heterocycles. The van der Waals surface area contributed by atoms with Crippen LogP contribution in [-0.2, 0) is 9.53 Å². The van der Waals surface area contributed by atoms with E-state index in [1.807, 2.05) is 12.1 Å². The molecule has 3 heteroatoms. The largest absolute Gasteiger partial charge is 0.467 e. The molecule has 21 heavy (non-hydrogen) atoms. The molecule has 1 aromatic carbocycles. The molecule has 3 nitrogen and oxygen atoms in total. The van der Waals surface area contributed by atoms with E-state index in [1.165, 1.54) is 12.7 Å². The average molecular weight is 291 g/mol. The highest BCUT2D eigenvalue weighted by Crippen LogP contribution is 2.31. The summed E-state index contributed by atoms with van der Waals surface area (Å²) in [5.41, 5.74) is 1.49. The number of anilines is 1. The molecule has 0 fully saturated rings. The number of esters is 1. The van der Waals surface area contributed by atoms with Crippen LogP contribution in [0.15, 0.2) is 24.3 Å². The lowest BCUT2D eigenvalue weighted by Gasteiger charge is -2.36. The van der Waals surface area contributed by atoms with E-state index in [1.54, 1.807) is 0 Å². The third-order valence-electron chi connectivity index (χ3n) is 3.49. The van der Waals surface area contributed by atoms with E-state index in [4.69, 9.17) is 4.74 Å². The van der Waals surface area contributed by atoms with Crippen molar-refractivity contribution in [3.63, 3.8) is 0 Å². The first-order chi connectivity index (χ1) is 9.79. The summed E-state index contributed by atoms with van der Waals surface area (Å²) < 4.78 is 5.12. The van der Waals surface area contributed by atoms with E-state index in [0.29, 0.717) is 11.8 Å². The number of aryl methyl sites for hydroxylation is 1. The van der Waals surface area contributed by atoms with Crippen LogP contribution in [0.5, 0.6) is 0 Å². The number of nitrogens with one attached hydrogen (secondary N) is 1. The number of carbonyl (C=O) groups excluding carboxylic acids is 1. The lowest BCUT2D eigenvalue weighted by molar-refractivity contribution is -0.147. The highest BCUT2D eigenvalue weighted by molar-refractivity contribution is 5.84. The van der Waals surface area contributed by atoms with Gasteiger partial charge in [-0.3, -0.25) is 0 Å². The molecule has 0 saturated heterocycles. The van der Waals surface area contributed by atoms with Crippen LogP contribution >= 0.6 is 0 Å². The second-order valence-corrected chi connectivity index (χ2v) is 6.76. The Labute approximate surface area is 129 Å². The Morgan fingerprint density at radius 3 is 2.19 bits per heavy atom. The van der Waals surface area contributed by atoms with Crippen molar-refractivity contribution in [1.29, 1.82) is 0 Å². The van der Waals surface area contributed by atoms with Crippen LogP contribution in [0.4, 0.5) is 5.69 Å². The Balaban J connectivity index is 3.16. The van der Waals surface area contributed by atoms with Gasteiger partial charge in [0.15, 0.2) is 0 Å². The molecule has 0 aliphatic rings. The van der Waals surface area contributed by atoms with E-state index < -0.39 is 5.54 Å². The summed E-state index contributed by atoms with van der Waals surface area (Å²) in [6, 6.07) is 8.13. The van der Waals surface area contributed by atoms with Crippen molar-refractivity contribution < 1.29 is 9.53 Å². The first-order valence-corrected chi connectivity index (χ1v) is 7.72. The molecule has 0 heterocycles. The van der Waals surface area contributed by atoms with Crippen LogP contribution in [0.3, 0.4) is 0 Å². The molecule has 0 unspecified atom stereocenters. The van der Waals surface area contributed by atoms with E-state index in [0.717, 1.165) is 18.5 Å². The molecule has 0 aliphatic carbocycles. The predicted octanol–water partition coefficient (Wildman–Crippen LogP) is 4.41. The lowest BCUT2D eigenvalue weighted by Crippen LogP contribution is -2.49. The van der Waals surface area contributed by atoms with Gasteiger partial charge in [0.2, 0.25) is 0 Å². The summed E-state index contributed by atoms with van der Waals surface area (Å²) in [5, 5.41) is 3.47. The van der Waals surface area contributed by atoms with Gasteiger partial charge in [-0.05, 0) is 49.3 Å². The highest BCUT2D eigenvalue weighted by Gasteiger charge is 2.40. The SMILES string of the molecule is COC(=O)C(CC(C)C)(CC(C)C)Nc1cccc(C)c1. The van der Waals surface area contributed by atoms with Gasteiger partial charge in [0.1, 0.15) is 5.54 Å². The third-order valence-corrected chi connectivity index (χ3v) is 3.49. The Morgan fingerprint density at radius 2 is 1.76 bits per heavy atom. The van der Waals surface area contributed by atoms with Crippen LogP contribution in [-0.4, -0.2) is 18.6 Å². The van der Waals surface area contributed by atoms with Crippen LogP contribution in [0.1, 0.15) is 46.1 Å². The Bertz CT molecular complexity index is 456. The Morgan fingerprint density at radius 1 is 1.19 bits per heavy atom. The first-order valence-electron chi connectivity index (χ1n) is 7.72. The molecule has 1 N–H and O–H groups in total. The number of hydrogen-bond donors (Lipinski definition) is 1. The van der Waals surface area contributed by atoms with Crippen molar-refractivity contribution in [2.24, 2.45) is 11.8 Å². The topological polar surface area (TPSA) is 38.3 Å².